The third kappa shape index (κ3) is 4.81. The standard InChI is InChI=1S/C13H27NO2/c1-3-11(2)14-7-4-13(10-15)12-5-8-16-9-6-12/h11-15H,3-10H2,1-2H3. The van der Waals surface area contributed by atoms with E-state index in [4.69, 9.17) is 4.74 Å². The Balaban J connectivity index is 2.19. The topological polar surface area (TPSA) is 41.5 Å². The first-order chi connectivity index (χ1) is 7.77. The average molecular weight is 229 g/mol. The van der Waals surface area contributed by atoms with Crippen LogP contribution in [0, 0.1) is 11.8 Å². The molecule has 0 saturated carbocycles. The SMILES string of the molecule is CCC(C)NCCC(CO)C1CCOCC1. The summed E-state index contributed by atoms with van der Waals surface area (Å²) in [7, 11) is 0. The van der Waals surface area contributed by atoms with Crippen LogP contribution >= 0.6 is 0 Å². The quantitative estimate of drug-likeness (QED) is 0.699. The van der Waals surface area contributed by atoms with Crippen molar-refractivity contribution in [2.24, 2.45) is 11.8 Å². The summed E-state index contributed by atoms with van der Waals surface area (Å²) in [6.07, 6.45) is 4.50. The van der Waals surface area contributed by atoms with Crippen molar-refractivity contribution < 1.29 is 9.84 Å². The molecule has 2 unspecified atom stereocenters. The molecular formula is C13H27NO2. The zero-order valence-electron chi connectivity index (χ0n) is 10.7. The molecule has 0 aromatic rings. The predicted molar refractivity (Wildman–Crippen MR) is 66.5 cm³/mol. The Bertz CT molecular complexity index is 169. The molecule has 3 heteroatoms. The molecule has 1 fully saturated rings. The minimum atomic E-state index is 0.326. The molecule has 0 spiro atoms. The van der Waals surface area contributed by atoms with Crippen molar-refractivity contribution in [3.05, 3.63) is 0 Å². The predicted octanol–water partition coefficient (Wildman–Crippen LogP) is 1.80. The van der Waals surface area contributed by atoms with Gasteiger partial charge in [-0.2, -0.15) is 0 Å². The summed E-state index contributed by atoms with van der Waals surface area (Å²) in [5.41, 5.74) is 0. The number of hydrogen-bond acceptors (Lipinski definition) is 3. The fourth-order valence-electron chi connectivity index (χ4n) is 2.32. The molecule has 1 aliphatic heterocycles. The maximum absolute atomic E-state index is 9.43. The number of nitrogens with one attached hydrogen (secondary N) is 1. The van der Waals surface area contributed by atoms with E-state index in [2.05, 4.69) is 19.2 Å². The van der Waals surface area contributed by atoms with E-state index < -0.39 is 0 Å². The molecule has 0 aromatic heterocycles. The number of ether oxygens (including phenoxy) is 1. The molecule has 1 rings (SSSR count). The van der Waals surface area contributed by atoms with Crippen LogP contribution in [0.1, 0.15) is 39.5 Å². The highest BCUT2D eigenvalue weighted by atomic mass is 16.5. The summed E-state index contributed by atoms with van der Waals surface area (Å²) in [4.78, 5) is 0. The minimum Gasteiger partial charge on any atom is -0.396 e. The van der Waals surface area contributed by atoms with E-state index in [9.17, 15) is 5.11 Å². The van der Waals surface area contributed by atoms with Crippen molar-refractivity contribution in [3.63, 3.8) is 0 Å². The smallest absolute Gasteiger partial charge is 0.0468 e. The molecule has 2 N–H and O–H groups in total. The Morgan fingerprint density at radius 1 is 1.38 bits per heavy atom. The highest BCUT2D eigenvalue weighted by molar-refractivity contribution is 4.73. The lowest BCUT2D eigenvalue weighted by Crippen LogP contribution is -2.31. The van der Waals surface area contributed by atoms with Crippen molar-refractivity contribution >= 4 is 0 Å². The van der Waals surface area contributed by atoms with E-state index in [1.54, 1.807) is 0 Å². The maximum atomic E-state index is 9.43. The van der Waals surface area contributed by atoms with E-state index in [0.29, 0.717) is 24.5 Å². The van der Waals surface area contributed by atoms with Gasteiger partial charge in [-0.3, -0.25) is 0 Å². The van der Waals surface area contributed by atoms with E-state index in [-0.39, 0.29) is 0 Å². The fraction of sp³-hybridized carbons (Fsp3) is 1.00. The van der Waals surface area contributed by atoms with Gasteiger partial charge in [0.15, 0.2) is 0 Å². The van der Waals surface area contributed by atoms with Crippen molar-refractivity contribution in [1.82, 2.24) is 5.32 Å². The van der Waals surface area contributed by atoms with Gasteiger partial charge in [-0.15, -0.1) is 0 Å². The molecule has 0 amide bonds. The van der Waals surface area contributed by atoms with Crippen LogP contribution in [-0.4, -0.2) is 37.5 Å². The number of hydrogen-bond donors (Lipinski definition) is 2. The Hall–Kier alpha value is -0.120. The first-order valence-corrected chi connectivity index (χ1v) is 6.69. The van der Waals surface area contributed by atoms with Gasteiger partial charge in [-0.05, 0) is 51.0 Å². The van der Waals surface area contributed by atoms with Crippen molar-refractivity contribution in [1.29, 1.82) is 0 Å². The minimum absolute atomic E-state index is 0.326. The second-order valence-corrected chi connectivity index (χ2v) is 4.94. The van der Waals surface area contributed by atoms with Gasteiger partial charge in [0, 0.05) is 25.9 Å². The van der Waals surface area contributed by atoms with Crippen LogP contribution in [0.15, 0.2) is 0 Å². The maximum Gasteiger partial charge on any atom is 0.0468 e. The van der Waals surface area contributed by atoms with Crippen molar-refractivity contribution in [2.75, 3.05) is 26.4 Å². The molecular weight excluding hydrogens is 202 g/mol. The van der Waals surface area contributed by atoms with Crippen LogP contribution in [0.3, 0.4) is 0 Å². The Labute approximate surface area is 99.6 Å². The van der Waals surface area contributed by atoms with Gasteiger partial charge in [0.05, 0.1) is 0 Å². The van der Waals surface area contributed by atoms with E-state index in [1.165, 1.54) is 6.42 Å². The van der Waals surface area contributed by atoms with Gasteiger partial charge in [0.25, 0.3) is 0 Å². The van der Waals surface area contributed by atoms with Gasteiger partial charge in [-0.1, -0.05) is 6.92 Å². The summed E-state index contributed by atoms with van der Waals surface area (Å²) in [5.74, 6) is 1.12. The molecule has 1 aliphatic rings. The number of aliphatic hydroxyl groups is 1. The third-order valence-corrected chi connectivity index (χ3v) is 3.79. The van der Waals surface area contributed by atoms with Gasteiger partial charge >= 0.3 is 0 Å². The summed E-state index contributed by atoms with van der Waals surface area (Å²) < 4.78 is 5.36. The van der Waals surface area contributed by atoms with Gasteiger partial charge in [0.1, 0.15) is 0 Å². The normalized spacial score (nSPS) is 21.9. The molecule has 3 nitrogen and oxygen atoms in total. The zero-order chi connectivity index (χ0) is 11.8. The number of aliphatic hydroxyl groups excluding tert-OH is 1. The fourth-order valence-corrected chi connectivity index (χ4v) is 2.32. The zero-order valence-corrected chi connectivity index (χ0v) is 10.7. The van der Waals surface area contributed by atoms with Crippen LogP contribution < -0.4 is 5.32 Å². The molecule has 0 aliphatic carbocycles. The van der Waals surface area contributed by atoms with Crippen LogP contribution in [0.2, 0.25) is 0 Å². The Morgan fingerprint density at radius 3 is 2.62 bits per heavy atom. The molecule has 1 heterocycles. The largest absolute Gasteiger partial charge is 0.396 e. The molecule has 96 valence electrons. The second kappa shape index (κ2) is 8.04. The summed E-state index contributed by atoms with van der Waals surface area (Å²) >= 11 is 0. The van der Waals surface area contributed by atoms with Crippen molar-refractivity contribution in [3.8, 4) is 0 Å². The highest BCUT2D eigenvalue weighted by Crippen LogP contribution is 2.25. The molecule has 16 heavy (non-hydrogen) atoms. The highest BCUT2D eigenvalue weighted by Gasteiger charge is 2.22. The van der Waals surface area contributed by atoms with Crippen LogP contribution in [0.5, 0.6) is 0 Å². The average Bonchev–Trinajstić information content (AvgIpc) is 2.35. The second-order valence-electron chi connectivity index (χ2n) is 4.94. The summed E-state index contributed by atoms with van der Waals surface area (Å²) in [5, 5.41) is 12.9. The van der Waals surface area contributed by atoms with Crippen LogP contribution in [0.4, 0.5) is 0 Å². The molecule has 1 saturated heterocycles. The van der Waals surface area contributed by atoms with E-state index in [1.807, 2.05) is 0 Å². The van der Waals surface area contributed by atoms with Crippen LogP contribution in [0.25, 0.3) is 0 Å². The van der Waals surface area contributed by atoms with E-state index in [0.717, 1.165) is 39.0 Å². The molecule has 0 bridgehead atoms. The first kappa shape index (κ1) is 13.9. The molecule has 0 radical (unpaired) electrons. The van der Waals surface area contributed by atoms with Gasteiger partial charge < -0.3 is 15.2 Å². The Kier molecular flexibility index (Phi) is 7.01. The third-order valence-electron chi connectivity index (χ3n) is 3.79. The lowest BCUT2D eigenvalue weighted by Gasteiger charge is -2.29. The van der Waals surface area contributed by atoms with E-state index >= 15 is 0 Å². The lowest BCUT2D eigenvalue weighted by atomic mass is 9.84. The summed E-state index contributed by atoms with van der Waals surface area (Å²) in [6, 6.07) is 0.592. The summed E-state index contributed by atoms with van der Waals surface area (Å²) in [6.45, 7) is 7.51. The number of rotatable bonds is 7. The van der Waals surface area contributed by atoms with Crippen molar-refractivity contribution in [2.45, 2.75) is 45.6 Å². The molecule has 0 aromatic carbocycles. The Morgan fingerprint density at radius 2 is 2.06 bits per heavy atom. The lowest BCUT2D eigenvalue weighted by molar-refractivity contribution is 0.0311. The van der Waals surface area contributed by atoms with Gasteiger partial charge in [0.2, 0.25) is 0 Å². The molecule has 2 atom stereocenters. The van der Waals surface area contributed by atoms with Crippen LogP contribution in [-0.2, 0) is 4.74 Å². The first-order valence-electron chi connectivity index (χ1n) is 6.69. The van der Waals surface area contributed by atoms with Gasteiger partial charge in [-0.25, -0.2) is 0 Å². The monoisotopic (exact) mass is 229 g/mol.